The Balaban J connectivity index is 1.72. The van der Waals surface area contributed by atoms with Crippen molar-refractivity contribution in [2.45, 2.75) is 25.0 Å². The van der Waals surface area contributed by atoms with Crippen LogP contribution in [0.25, 0.3) is 0 Å². The Morgan fingerprint density at radius 3 is 2.59 bits per heavy atom. The third-order valence-corrected chi connectivity index (χ3v) is 4.89. The number of carboxylic acid groups (broad SMARTS) is 1. The van der Waals surface area contributed by atoms with Gasteiger partial charge in [0.25, 0.3) is 0 Å². The van der Waals surface area contributed by atoms with Crippen LogP contribution < -0.4 is 9.47 Å². The molecule has 1 aliphatic heterocycles. The highest BCUT2D eigenvalue weighted by atomic mass is 79.9. The van der Waals surface area contributed by atoms with E-state index in [0.29, 0.717) is 11.5 Å². The van der Waals surface area contributed by atoms with E-state index in [-0.39, 0.29) is 31.4 Å². The van der Waals surface area contributed by atoms with Crippen LogP contribution in [0.3, 0.4) is 0 Å². The van der Waals surface area contributed by atoms with Gasteiger partial charge in [-0.25, -0.2) is 4.79 Å². The summed E-state index contributed by atoms with van der Waals surface area (Å²) in [5.41, 5.74) is 0.753. The number of para-hydroxylation sites is 1. The van der Waals surface area contributed by atoms with E-state index in [4.69, 9.17) is 9.47 Å². The second-order valence-corrected chi connectivity index (χ2v) is 7.28. The molecule has 1 amide bonds. The number of hydrogen-bond donors (Lipinski definition) is 1. The molecule has 0 radical (unpaired) electrons. The Bertz CT molecular complexity index is 826. The first-order valence-corrected chi connectivity index (χ1v) is 9.33. The number of carbonyl (C=O) groups is 2. The summed E-state index contributed by atoms with van der Waals surface area (Å²) in [6, 6.07) is 13.7. The van der Waals surface area contributed by atoms with E-state index < -0.39 is 12.0 Å². The van der Waals surface area contributed by atoms with Gasteiger partial charge in [-0.15, -0.1) is 0 Å². The first kappa shape index (κ1) is 19.2. The van der Waals surface area contributed by atoms with Crippen LogP contribution in [0.1, 0.15) is 12.0 Å². The van der Waals surface area contributed by atoms with Crippen molar-refractivity contribution in [1.82, 2.24) is 4.90 Å². The molecule has 1 heterocycles. The number of carbonyl (C=O) groups excluding carboxylic acids is 1. The molecule has 2 atom stereocenters. The molecule has 27 heavy (non-hydrogen) atoms. The highest BCUT2D eigenvalue weighted by molar-refractivity contribution is 9.10. The molecular weight excluding hydrogens is 414 g/mol. The molecule has 0 aliphatic carbocycles. The Labute approximate surface area is 165 Å². The summed E-state index contributed by atoms with van der Waals surface area (Å²) in [5.74, 6) is 0.0300. The molecule has 0 unspecified atom stereocenters. The third-order valence-electron chi connectivity index (χ3n) is 4.44. The van der Waals surface area contributed by atoms with Crippen molar-refractivity contribution in [1.29, 1.82) is 0 Å². The topological polar surface area (TPSA) is 76.1 Å². The third kappa shape index (κ3) is 4.80. The number of hydrogen-bond acceptors (Lipinski definition) is 4. The minimum atomic E-state index is -1.02. The van der Waals surface area contributed by atoms with E-state index in [1.807, 2.05) is 36.4 Å². The summed E-state index contributed by atoms with van der Waals surface area (Å²) in [6.07, 6.45) is 0.00424. The number of halogens is 1. The number of rotatable bonds is 6. The van der Waals surface area contributed by atoms with Gasteiger partial charge in [-0.3, -0.25) is 4.79 Å². The quantitative estimate of drug-likeness (QED) is 0.756. The molecule has 1 aliphatic rings. The lowest BCUT2D eigenvalue weighted by Gasteiger charge is -2.21. The number of aliphatic carboxylic acids is 1. The Hall–Kier alpha value is -2.54. The van der Waals surface area contributed by atoms with Gasteiger partial charge >= 0.3 is 5.97 Å². The van der Waals surface area contributed by atoms with Crippen molar-refractivity contribution >= 4 is 27.8 Å². The number of amides is 1. The Morgan fingerprint density at radius 2 is 1.93 bits per heavy atom. The smallest absolute Gasteiger partial charge is 0.326 e. The number of carboxylic acids is 1. The summed E-state index contributed by atoms with van der Waals surface area (Å²) in [7, 11) is 1.56. The van der Waals surface area contributed by atoms with Crippen LogP contribution in [0.2, 0.25) is 0 Å². The maximum atomic E-state index is 12.8. The van der Waals surface area contributed by atoms with E-state index in [1.165, 1.54) is 4.90 Å². The monoisotopic (exact) mass is 433 g/mol. The van der Waals surface area contributed by atoms with Crippen molar-refractivity contribution in [2.75, 3.05) is 13.7 Å². The Morgan fingerprint density at radius 1 is 1.19 bits per heavy atom. The normalized spacial score (nSPS) is 19.0. The molecule has 0 saturated carbocycles. The minimum absolute atomic E-state index is 0.0949. The molecule has 1 N–H and O–H groups in total. The van der Waals surface area contributed by atoms with Crippen LogP contribution in [0, 0.1) is 0 Å². The fraction of sp³-hybridized carbons (Fsp3) is 0.300. The molecule has 1 fully saturated rings. The summed E-state index contributed by atoms with van der Waals surface area (Å²) >= 11 is 3.39. The van der Waals surface area contributed by atoms with Gasteiger partial charge in [0.1, 0.15) is 23.6 Å². The van der Waals surface area contributed by atoms with E-state index in [0.717, 1.165) is 10.0 Å². The number of benzene rings is 2. The molecule has 3 rings (SSSR count). The van der Waals surface area contributed by atoms with Crippen molar-refractivity contribution in [3.8, 4) is 11.5 Å². The largest absolute Gasteiger partial charge is 0.497 e. The average molecular weight is 434 g/mol. The fourth-order valence-corrected chi connectivity index (χ4v) is 3.72. The fourth-order valence-electron chi connectivity index (χ4n) is 3.20. The van der Waals surface area contributed by atoms with Gasteiger partial charge in [0.05, 0.1) is 20.1 Å². The van der Waals surface area contributed by atoms with E-state index in [1.54, 1.807) is 19.2 Å². The van der Waals surface area contributed by atoms with Crippen LogP contribution >= 0.6 is 15.9 Å². The van der Waals surface area contributed by atoms with Crippen LogP contribution in [-0.2, 0) is 16.0 Å². The summed E-state index contributed by atoms with van der Waals surface area (Å²) < 4.78 is 11.9. The lowest BCUT2D eigenvalue weighted by atomic mass is 10.1. The van der Waals surface area contributed by atoms with Crippen molar-refractivity contribution in [3.05, 3.63) is 58.6 Å². The van der Waals surface area contributed by atoms with Gasteiger partial charge in [0.2, 0.25) is 5.91 Å². The van der Waals surface area contributed by atoms with Crippen LogP contribution in [0.4, 0.5) is 0 Å². The van der Waals surface area contributed by atoms with Crippen molar-refractivity contribution in [3.63, 3.8) is 0 Å². The summed E-state index contributed by atoms with van der Waals surface area (Å²) in [4.78, 5) is 25.8. The van der Waals surface area contributed by atoms with Gasteiger partial charge in [-0.1, -0.05) is 34.1 Å². The highest BCUT2D eigenvalue weighted by Crippen LogP contribution is 2.26. The first-order valence-electron chi connectivity index (χ1n) is 8.53. The van der Waals surface area contributed by atoms with Crippen LogP contribution in [-0.4, -0.2) is 47.7 Å². The maximum Gasteiger partial charge on any atom is 0.326 e. The Kier molecular flexibility index (Phi) is 6.01. The van der Waals surface area contributed by atoms with Crippen LogP contribution in [0.15, 0.2) is 53.0 Å². The molecule has 7 heteroatoms. The number of ether oxygens (including phenoxy) is 2. The molecule has 0 aromatic heterocycles. The average Bonchev–Trinajstić information content (AvgIpc) is 3.06. The van der Waals surface area contributed by atoms with Gasteiger partial charge in [-0.05, 0) is 35.9 Å². The minimum Gasteiger partial charge on any atom is -0.497 e. The molecule has 1 saturated heterocycles. The zero-order chi connectivity index (χ0) is 19.4. The summed E-state index contributed by atoms with van der Waals surface area (Å²) in [5, 5.41) is 9.53. The van der Waals surface area contributed by atoms with Gasteiger partial charge in [-0.2, -0.15) is 0 Å². The molecule has 0 spiro atoms. The van der Waals surface area contributed by atoms with Gasteiger partial charge in [0.15, 0.2) is 0 Å². The van der Waals surface area contributed by atoms with E-state index in [2.05, 4.69) is 15.9 Å². The zero-order valence-corrected chi connectivity index (χ0v) is 16.4. The predicted molar refractivity (Wildman–Crippen MR) is 103 cm³/mol. The van der Waals surface area contributed by atoms with Crippen molar-refractivity contribution < 1.29 is 24.2 Å². The molecule has 2 aromatic carbocycles. The highest BCUT2D eigenvalue weighted by Gasteiger charge is 2.40. The molecule has 142 valence electrons. The second kappa shape index (κ2) is 8.43. The summed E-state index contributed by atoms with van der Waals surface area (Å²) in [6.45, 7) is 0.246. The molecule has 6 nitrogen and oxygen atoms in total. The number of methoxy groups -OCH3 is 1. The number of nitrogens with zero attached hydrogens (tertiary/aromatic N) is 1. The van der Waals surface area contributed by atoms with Gasteiger partial charge < -0.3 is 19.5 Å². The van der Waals surface area contributed by atoms with Crippen molar-refractivity contribution in [2.24, 2.45) is 0 Å². The van der Waals surface area contributed by atoms with Crippen LogP contribution in [0.5, 0.6) is 11.5 Å². The predicted octanol–water partition coefficient (Wildman–Crippen LogP) is 3.13. The van der Waals surface area contributed by atoms with Gasteiger partial charge in [0, 0.05) is 10.9 Å². The molecule has 2 aromatic rings. The number of likely N-dealkylation sites (tertiary alicyclic amines) is 1. The lowest BCUT2D eigenvalue weighted by molar-refractivity contribution is -0.148. The first-order chi connectivity index (χ1) is 13.0. The zero-order valence-electron chi connectivity index (χ0n) is 14.8. The molecular formula is C20H20BrNO5. The van der Waals surface area contributed by atoms with E-state index >= 15 is 0 Å². The standard InChI is InChI=1S/C20H20BrNO5/c1-26-16-8-13(7-14(21)10-16)9-19(23)22-12-17(11-18(22)20(24)25)27-15-5-3-2-4-6-15/h2-8,10,17-18H,9,11-12H2,1H3,(H,24,25)/t17-,18-/m0/s1. The maximum absolute atomic E-state index is 12.8. The second-order valence-electron chi connectivity index (χ2n) is 6.36. The van der Waals surface area contributed by atoms with E-state index in [9.17, 15) is 14.7 Å². The lowest BCUT2D eigenvalue weighted by Crippen LogP contribution is -2.41. The molecule has 0 bridgehead atoms. The SMILES string of the molecule is COc1cc(Br)cc(CC(=O)N2C[C@@H](Oc3ccccc3)C[C@H]2C(=O)O)c1.